The standard InChI is InChI=1S/C16H24N4OS.HI/c1-12(2)15-10-13(21-19-15)11-18-16(17-3)20(4)8-7-14-6-5-9-22-14;/h5-6,9-10,12H,7-8,11H2,1-4H3,(H,17,18);1H. The van der Waals surface area contributed by atoms with Gasteiger partial charge in [0.05, 0.1) is 12.2 Å². The van der Waals surface area contributed by atoms with Gasteiger partial charge >= 0.3 is 0 Å². The molecule has 2 aromatic rings. The molecule has 0 saturated heterocycles. The first-order valence-electron chi connectivity index (χ1n) is 7.49. The highest BCUT2D eigenvalue weighted by Crippen LogP contribution is 2.14. The van der Waals surface area contributed by atoms with E-state index in [0.717, 1.165) is 30.4 Å². The van der Waals surface area contributed by atoms with Crippen LogP contribution in [-0.2, 0) is 13.0 Å². The summed E-state index contributed by atoms with van der Waals surface area (Å²) in [6.45, 7) is 5.72. The Morgan fingerprint density at radius 3 is 2.83 bits per heavy atom. The van der Waals surface area contributed by atoms with Crippen LogP contribution in [0.3, 0.4) is 0 Å². The summed E-state index contributed by atoms with van der Waals surface area (Å²) in [7, 11) is 3.84. The van der Waals surface area contributed by atoms with Crippen LogP contribution < -0.4 is 5.32 Å². The summed E-state index contributed by atoms with van der Waals surface area (Å²) in [5.41, 5.74) is 0.984. The van der Waals surface area contributed by atoms with Gasteiger partial charge in [0, 0.05) is 31.6 Å². The second-order valence-electron chi connectivity index (χ2n) is 5.52. The molecule has 0 aliphatic rings. The second-order valence-corrected chi connectivity index (χ2v) is 6.56. The van der Waals surface area contributed by atoms with Crippen molar-refractivity contribution in [3.63, 3.8) is 0 Å². The third-order valence-corrected chi connectivity index (χ3v) is 4.37. The highest BCUT2D eigenvalue weighted by Gasteiger charge is 2.10. The Balaban J connectivity index is 0.00000264. The number of halogens is 1. The first-order valence-corrected chi connectivity index (χ1v) is 8.37. The molecule has 2 heterocycles. The Labute approximate surface area is 159 Å². The molecule has 23 heavy (non-hydrogen) atoms. The van der Waals surface area contributed by atoms with Crippen molar-refractivity contribution in [2.24, 2.45) is 4.99 Å². The van der Waals surface area contributed by atoms with Gasteiger partial charge in [-0.05, 0) is 23.8 Å². The molecule has 2 rings (SSSR count). The molecule has 0 radical (unpaired) electrons. The summed E-state index contributed by atoms with van der Waals surface area (Å²) in [6.07, 6.45) is 1.02. The molecule has 0 atom stereocenters. The summed E-state index contributed by atoms with van der Waals surface area (Å²) >= 11 is 1.79. The van der Waals surface area contributed by atoms with Crippen molar-refractivity contribution in [2.75, 3.05) is 20.6 Å². The van der Waals surface area contributed by atoms with Crippen LogP contribution in [0, 0.1) is 0 Å². The highest BCUT2D eigenvalue weighted by atomic mass is 127. The fourth-order valence-corrected chi connectivity index (χ4v) is 2.77. The van der Waals surface area contributed by atoms with Gasteiger partial charge in [-0.2, -0.15) is 0 Å². The molecular weight excluding hydrogens is 423 g/mol. The molecule has 0 aliphatic heterocycles. The van der Waals surface area contributed by atoms with Crippen LogP contribution in [0.4, 0.5) is 0 Å². The highest BCUT2D eigenvalue weighted by molar-refractivity contribution is 14.0. The Hall–Kier alpha value is -1.09. The van der Waals surface area contributed by atoms with Crippen molar-refractivity contribution < 1.29 is 4.52 Å². The van der Waals surface area contributed by atoms with Crippen molar-refractivity contribution >= 4 is 41.3 Å². The van der Waals surface area contributed by atoms with E-state index >= 15 is 0 Å². The van der Waals surface area contributed by atoms with E-state index < -0.39 is 0 Å². The first-order chi connectivity index (χ1) is 10.6. The number of rotatable bonds is 6. The van der Waals surface area contributed by atoms with Gasteiger partial charge in [-0.3, -0.25) is 4.99 Å². The van der Waals surface area contributed by atoms with Crippen molar-refractivity contribution in [1.29, 1.82) is 0 Å². The lowest BCUT2D eigenvalue weighted by atomic mass is 10.1. The van der Waals surface area contributed by atoms with Crippen LogP contribution in [0.1, 0.15) is 36.1 Å². The first kappa shape index (κ1) is 20.0. The fraction of sp³-hybridized carbons (Fsp3) is 0.500. The summed E-state index contributed by atoms with van der Waals surface area (Å²) in [4.78, 5) is 7.83. The van der Waals surface area contributed by atoms with Crippen molar-refractivity contribution in [3.05, 3.63) is 39.9 Å². The smallest absolute Gasteiger partial charge is 0.193 e. The van der Waals surface area contributed by atoms with Crippen molar-refractivity contribution in [2.45, 2.75) is 32.7 Å². The second kappa shape index (κ2) is 9.92. The average molecular weight is 448 g/mol. The fourth-order valence-electron chi connectivity index (χ4n) is 2.07. The van der Waals surface area contributed by atoms with Crippen LogP contribution in [0.2, 0.25) is 0 Å². The van der Waals surface area contributed by atoms with Gasteiger partial charge in [0.1, 0.15) is 0 Å². The zero-order chi connectivity index (χ0) is 15.9. The number of hydrogen-bond acceptors (Lipinski definition) is 4. The molecule has 0 bridgehead atoms. The van der Waals surface area contributed by atoms with Gasteiger partial charge in [-0.1, -0.05) is 25.1 Å². The van der Waals surface area contributed by atoms with Gasteiger partial charge in [0.25, 0.3) is 0 Å². The van der Waals surface area contributed by atoms with Gasteiger partial charge < -0.3 is 14.7 Å². The monoisotopic (exact) mass is 448 g/mol. The zero-order valence-electron chi connectivity index (χ0n) is 14.1. The van der Waals surface area contributed by atoms with Crippen LogP contribution in [0.25, 0.3) is 0 Å². The van der Waals surface area contributed by atoms with Gasteiger partial charge in [0.2, 0.25) is 0 Å². The third kappa shape index (κ3) is 6.14. The normalized spacial score (nSPS) is 11.4. The number of hydrogen-bond donors (Lipinski definition) is 1. The molecule has 0 aliphatic carbocycles. The van der Waals surface area contributed by atoms with Crippen molar-refractivity contribution in [1.82, 2.24) is 15.4 Å². The number of thiophene rings is 1. The van der Waals surface area contributed by atoms with E-state index in [9.17, 15) is 0 Å². The van der Waals surface area contributed by atoms with E-state index in [0.29, 0.717) is 12.5 Å². The molecule has 7 heteroatoms. The Morgan fingerprint density at radius 2 is 2.26 bits per heavy atom. The predicted octanol–water partition coefficient (Wildman–Crippen LogP) is 3.73. The number of aliphatic imine (C=N–C) groups is 1. The number of guanidine groups is 1. The van der Waals surface area contributed by atoms with E-state index in [-0.39, 0.29) is 24.0 Å². The SMILES string of the molecule is CN=C(NCc1cc(C(C)C)no1)N(C)CCc1cccs1.I. The lowest BCUT2D eigenvalue weighted by Gasteiger charge is -2.21. The molecule has 0 unspecified atom stereocenters. The molecule has 0 amide bonds. The van der Waals surface area contributed by atoms with Crippen molar-refractivity contribution in [3.8, 4) is 0 Å². The average Bonchev–Trinajstić information content (AvgIpc) is 3.17. The number of aromatic nitrogens is 1. The summed E-state index contributed by atoms with van der Waals surface area (Å²) in [6, 6.07) is 6.25. The van der Waals surface area contributed by atoms with E-state index in [1.165, 1.54) is 4.88 Å². The van der Waals surface area contributed by atoms with Crippen LogP contribution in [0.5, 0.6) is 0 Å². The quantitative estimate of drug-likeness (QED) is 0.416. The maximum atomic E-state index is 5.34. The molecule has 128 valence electrons. The third-order valence-electron chi connectivity index (χ3n) is 3.44. The van der Waals surface area contributed by atoms with Crippen LogP contribution >= 0.6 is 35.3 Å². The molecule has 1 N–H and O–H groups in total. The molecule has 2 aromatic heterocycles. The van der Waals surface area contributed by atoms with Gasteiger partial charge in [0.15, 0.2) is 11.7 Å². The minimum atomic E-state index is 0. The Bertz CT molecular complexity index is 595. The molecule has 0 fully saturated rings. The lowest BCUT2D eigenvalue weighted by molar-refractivity contribution is 0.369. The number of nitrogens with zero attached hydrogens (tertiary/aromatic N) is 3. The summed E-state index contributed by atoms with van der Waals surface area (Å²) < 4.78 is 5.34. The van der Waals surface area contributed by atoms with Gasteiger partial charge in [-0.25, -0.2) is 0 Å². The molecular formula is C16H25IN4OS. The van der Waals surface area contributed by atoms with E-state index in [2.05, 4.69) is 51.7 Å². The molecule has 0 saturated carbocycles. The maximum Gasteiger partial charge on any atom is 0.193 e. The topological polar surface area (TPSA) is 53.7 Å². The lowest BCUT2D eigenvalue weighted by Crippen LogP contribution is -2.39. The van der Waals surface area contributed by atoms with E-state index in [4.69, 9.17) is 4.52 Å². The number of likely N-dealkylation sites (N-methyl/N-ethyl adjacent to an activating group) is 1. The number of nitrogens with one attached hydrogen (secondary N) is 1. The Morgan fingerprint density at radius 1 is 1.48 bits per heavy atom. The predicted molar refractivity (Wildman–Crippen MR) is 107 cm³/mol. The molecule has 5 nitrogen and oxygen atoms in total. The van der Waals surface area contributed by atoms with Crippen LogP contribution in [-0.4, -0.2) is 36.7 Å². The molecule has 0 aromatic carbocycles. The maximum absolute atomic E-state index is 5.34. The summed E-state index contributed by atoms with van der Waals surface area (Å²) in [5, 5.41) is 9.49. The minimum Gasteiger partial charge on any atom is -0.359 e. The largest absolute Gasteiger partial charge is 0.359 e. The summed E-state index contributed by atoms with van der Waals surface area (Å²) in [5.74, 6) is 2.07. The van der Waals surface area contributed by atoms with Gasteiger partial charge in [-0.15, -0.1) is 35.3 Å². The Kier molecular flexibility index (Phi) is 8.60. The van der Waals surface area contributed by atoms with E-state index in [1.807, 2.05) is 13.1 Å². The molecule has 0 spiro atoms. The van der Waals surface area contributed by atoms with E-state index in [1.54, 1.807) is 18.4 Å². The minimum absolute atomic E-state index is 0. The van der Waals surface area contributed by atoms with Crippen LogP contribution in [0.15, 0.2) is 33.1 Å². The zero-order valence-corrected chi connectivity index (χ0v) is 17.2.